The summed E-state index contributed by atoms with van der Waals surface area (Å²) in [7, 11) is 3.26. The lowest BCUT2D eigenvalue weighted by molar-refractivity contribution is 0.0997. The van der Waals surface area contributed by atoms with Crippen LogP contribution in [0.1, 0.15) is 38.2 Å². The molecule has 0 radical (unpaired) electrons. The molecule has 0 aliphatic heterocycles. The van der Waals surface area contributed by atoms with E-state index in [4.69, 9.17) is 13.9 Å². The smallest absolute Gasteiger partial charge is 0.291 e. The standard InChI is InChI=1S/C25H25N3O4S/c1-15-9-10-26-22(12-15)27-23(18-14-17(30-3)7-8-20(18)31-4)19-13-16(2)33-25(19)28-24(29)21-6-5-11-32-21/h5-14,23H,1-4H3,(H,26,27)(H,28,29). The molecule has 0 spiro atoms. The Balaban J connectivity index is 1.81. The first kappa shape index (κ1) is 22.4. The van der Waals surface area contributed by atoms with Gasteiger partial charge >= 0.3 is 0 Å². The fourth-order valence-electron chi connectivity index (χ4n) is 3.57. The summed E-state index contributed by atoms with van der Waals surface area (Å²) in [5, 5.41) is 7.24. The lowest BCUT2D eigenvalue weighted by Gasteiger charge is -2.23. The molecule has 0 bridgehead atoms. The van der Waals surface area contributed by atoms with E-state index in [1.165, 1.54) is 17.6 Å². The highest BCUT2D eigenvalue weighted by atomic mass is 32.1. The van der Waals surface area contributed by atoms with Gasteiger partial charge in [-0.2, -0.15) is 0 Å². The summed E-state index contributed by atoms with van der Waals surface area (Å²) in [4.78, 5) is 18.3. The largest absolute Gasteiger partial charge is 0.497 e. The molecule has 0 aliphatic carbocycles. The lowest BCUT2D eigenvalue weighted by atomic mass is 9.98. The Morgan fingerprint density at radius 3 is 2.61 bits per heavy atom. The van der Waals surface area contributed by atoms with Gasteiger partial charge in [-0.1, -0.05) is 0 Å². The molecule has 3 aromatic heterocycles. The Bertz CT molecular complexity index is 1250. The minimum Gasteiger partial charge on any atom is -0.497 e. The van der Waals surface area contributed by atoms with Crippen molar-refractivity contribution in [2.45, 2.75) is 19.9 Å². The van der Waals surface area contributed by atoms with Crippen LogP contribution in [0.2, 0.25) is 0 Å². The number of anilines is 2. The first-order valence-electron chi connectivity index (χ1n) is 10.3. The number of furan rings is 1. The average molecular weight is 464 g/mol. The highest BCUT2D eigenvalue weighted by molar-refractivity contribution is 7.16. The van der Waals surface area contributed by atoms with Crippen LogP contribution >= 0.6 is 11.3 Å². The van der Waals surface area contributed by atoms with Crippen molar-refractivity contribution in [2.75, 3.05) is 24.9 Å². The van der Waals surface area contributed by atoms with Crippen LogP contribution in [0.5, 0.6) is 11.5 Å². The van der Waals surface area contributed by atoms with Crippen LogP contribution in [0.15, 0.2) is 65.4 Å². The molecule has 3 heterocycles. The number of nitrogens with one attached hydrogen (secondary N) is 2. The van der Waals surface area contributed by atoms with Crippen molar-refractivity contribution >= 4 is 28.1 Å². The maximum Gasteiger partial charge on any atom is 0.291 e. The number of benzene rings is 1. The van der Waals surface area contributed by atoms with Crippen LogP contribution in [0, 0.1) is 13.8 Å². The highest BCUT2D eigenvalue weighted by Gasteiger charge is 2.26. The Labute approximate surface area is 196 Å². The number of ether oxygens (including phenoxy) is 2. The molecule has 1 unspecified atom stereocenters. The first-order valence-corrected chi connectivity index (χ1v) is 11.2. The fraction of sp³-hybridized carbons (Fsp3) is 0.200. The second-order valence-electron chi connectivity index (χ2n) is 7.48. The second kappa shape index (κ2) is 9.79. The van der Waals surface area contributed by atoms with Crippen LogP contribution in [0.25, 0.3) is 0 Å². The molecule has 0 saturated heterocycles. The monoisotopic (exact) mass is 463 g/mol. The Morgan fingerprint density at radius 2 is 1.91 bits per heavy atom. The predicted octanol–water partition coefficient (Wildman–Crippen LogP) is 5.82. The molecule has 1 amide bonds. The minimum atomic E-state index is -0.374. The Kier molecular flexibility index (Phi) is 6.65. The van der Waals surface area contributed by atoms with Gasteiger partial charge < -0.3 is 24.5 Å². The van der Waals surface area contributed by atoms with Crippen LogP contribution < -0.4 is 20.1 Å². The number of rotatable bonds is 8. The van der Waals surface area contributed by atoms with Gasteiger partial charge in [0.25, 0.3) is 5.91 Å². The molecule has 1 aromatic carbocycles. The molecule has 7 nitrogen and oxygen atoms in total. The zero-order chi connectivity index (χ0) is 23.4. The molecule has 0 aliphatic rings. The fourth-order valence-corrected chi connectivity index (χ4v) is 4.52. The molecule has 4 aromatic rings. The number of pyridine rings is 1. The molecule has 33 heavy (non-hydrogen) atoms. The number of hydrogen-bond acceptors (Lipinski definition) is 7. The van der Waals surface area contributed by atoms with Gasteiger partial charge in [0.05, 0.1) is 26.5 Å². The van der Waals surface area contributed by atoms with Crippen molar-refractivity contribution in [3.05, 3.63) is 88.3 Å². The van der Waals surface area contributed by atoms with E-state index in [1.807, 2.05) is 44.2 Å². The van der Waals surface area contributed by atoms with Gasteiger partial charge in [0.2, 0.25) is 0 Å². The zero-order valence-corrected chi connectivity index (χ0v) is 19.7. The normalized spacial score (nSPS) is 11.6. The van der Waals surface area contributed by atoms with Crippen molar-refractivity contribution < 1.29 is 18.7 Å². The Morgan fingerprint density at radius 1 is 1.06 bits per heavy atom. The SMILES string of the molecule is COc1ccc(OC)c(C(Nc2cc(C)ccn2)c2cc(C)sc2NC(=O)c2ccco2)c1. The van der Waals surface area contributed by atoms with E-state index in [0.29, 0.717) is 22.3 Å². The van der Waals surface area contributed by atoms with Crippen molar-refractivity contribution in [3.8, 4) is 11.5 Å². The number of thiophene rings is 1. The van der Waals surface area contributed by atoms with Crippen molar-refractivity contribution in [1.29, 1.82) is 0 Å². The van der Waals surface area contributed by atoms with E-state index in [9.17, 15) is 4.79 Å². The Hall–Kier alpha value is -3.78. The number of carbonyl (C=O) groups excluding carboxylic acids is 1. The van der Waals surface area contributed by atoms with Gasteiger partial charge in [0.15, 0.2) is 5.76 Å². The van der Waals surface area contributed by atoms with E-state index in [1.54, 1.807) is 32.5 Å². The van der Waals surface area contributed by atoms with Crippen molar-refractivity contribution in [2.24, 2.45) is 0 Å². The molecule has 8 heteroatoms. The number of amides is 1. The molecule has 0 fully saturated rings. The molecule has 1 atom stereocenters. The van der Waals surface area contributed by atoms with Gasteiger partial charge in [-0.25, -0.2) is 4.98 Å². The number of hydrogen-bond donors (Lipinski definition) is 2. The summed E-state index contributed by atoms with van der Waals surface area (Å²) in [5.74, 6) is 2.03. The highest BCUT2D eigenvalue weighted by Crippen LogP contribution is 2.41. The molecule has 4 rings (SSSR count). The number of aromatic nitrogens is 1. The van der Waals surface area contributed by atoms with E-state index in [-0.39, 0.29) is 17.7 Å². The third kappa shape index (κ3) is 5.01. The second-order valence-corrected chi connectivity index (χ2v) is 8.73. The van der Waals surface area contributed by atoms with Gasteiger partial charge in [0, 0.05) is 22.2 Å². The number of carbonyl (C=O) groups is 1. The van der Waals surface area contributed by atoms with Crippen LogP contribution in [-0.4, -0.2) is 25.1 Å². The van der Waals surface area contributed by atoms with Crippen LogP contribution in [-0.2, 0) is 0 Å². The molecule has 170 valence electrons. The number of aryl methyl sites for hydroxylation is 2. The third-order valence-corrected chi connectivity index (χ3v) is 6.10. The van der Waals surface area contributed by atoms with E-state index in [2.05, 4.69) is 21.7 Å². The summed E-state index contributed by atoms with van der Waals surface area (Å²) in [5.41, 5.74) is 2.82. The number of nitrogens with zero attached hydrogens (tertiary/aromatic N) is 1. The molecule has 2 N–H and O–H groups in total. The van der Waals surface area contributed by atoms with Crippen LogP contribution in [0.4, 0.5) is 10.8 Å². The minimum absolute atomic E-state index is 0.246. The summed E-state index contributed by atoms with van der Waals surface area (Å²) >= 11 is 1.49. The van der Waals surface area contributed by atoms with E-state index >= 15 is 0 Å². The van der Waals surface area contributed by atoms with Gasteiger partial charge in [-0.3, -0.25) is 4.79 Å². The lowest BCUT2D eigenvalue weighted by Crippen LogP contribution is -2.17. The predicted molar refractivity (Wildman–Crippen MR) is 130 cm³/mol. The van der Waals surface area contributed by atoms with Gasteiger partial charge in [0.1, 0.15) is 22.3 Å². The summed E-state index contributed by atoms with van der Waals surface area (Å²) in [6.45, 7) is 4.01. The first-order chi connectivity index (χ1) is 16.0. The molecular formula is C25H25N3O4S. The van der Waals surface area contributed by atoms with E-state index in [0.717, 1.165) is 21.6 Å². The van der Waals surface area contributed by atoms with E-state index < -0.39 is 0 Å². The summed E-state index contributed by atoms with van der Waals surface area (Å²) in [6, 6.07) is 14.6. The molecular weight excluding hydrogens is 438 g/mol. The quantitative estimate of drug-likeness (QED) is 0.342. The summed E-state index contributed by atoms with van der Waals surface area (Å²) < 4.78 is 16.4. The maximum atomic E-state index is 12.7. The zero-order valence-electron chi connectivity index (χ0n) is 18.8. The van der Waals surface area contributed by atoms with Crippen LogP contribution in [0.3, 0.4) is 0 Å². The maximum absolute atomic E-state index is 12.7. The molecule has 0 saturated carbocycles. The van der Waals surface area contributed by atoms with Gasteiger partial charge in [-0.15, -0.1) is 11.3 Å². The van der Waals surface area contributed by atoms with Crippen molar-refractivity contribution in [1.82, 2.24) is 4.98 Å². The average Bonchev–Trinajstić information content (AvgIpc) is 3.47. The number of methoxy groups -OCH3 is 2. The third-order valence-electron chi connectivity index (χ3n) is 5.12. The summed E-state index contributed by atoms with van der Waals surface area (Å²) in [6.07, 6.45) is 3.24. The van der Waals surface area contributed by atoms with Gasteiger partial charge in [-0.05, 0) is 67.9 Å². The topological polar surface area (TPSA) is 85.6 Å². The van der Waals surface area contributed by atoms with Crippen molar-refractivity contribution in [3.63, 3.8) is 0 Å².